The van der Waals surface area contributed by atoms with Gasteiger partial charge in [-0.3, -0.25) is 58.1 Å². The Labute approximate surface area is 502 Å². The summed E-state index contributed by atoms with van der Waals surface area (Å²) in [5.74, 6) is -6.20. The lowest BCUT2D eigenvalue weighted by molar-refractivity contribution is -0.137. The quantitative estimate of drug-likeness (QED) is 0.0160. The Bertz CT molecular complexity index is 3230. The maximum Gasteiger partial charge on any atom is 0.303 e. The zero-order valence-electron chi connectivity index (χ0n) is 49.1. The second kappa shape index (κ2) is 34.6. The van der Waals surface area contributed by atoms with Gasteiger partial charge in [-0.1, -0.05) is 24.3 Å². The molecule has 87 heavy (non-hydrogen) atoms. The van der Waals surface area contributed by atoms with E-state index < -0.39 is 77.5 Å². The number of hydrogen-bond donors (Lipinski definition) is 12. The molecule has 0 aliphatic rings. The van der Waals surface area contributed by atoms with Crippen LogP contribution in [-0.2, 0) is 49.7 Å². The Morgan fingerprint density at radius 3 is 1.01 bits per heavy atom. The average Bonchev–Trinajstić information content (AvgIpc) is 3.25. The molecule has 468 valence electrons. The van der Waals surface area contributed by atoms with Crippen LogP contribution < -0.4 is 80.8 Å². The van der Waals surface area contributed by atoms with Gasteiger partial charge < -0.3 is 85.9 Å². The van der Waals surface area contributed by atoms with Gasteiger partial charge in [0.15, 0.2) is 41.0 Å². The second-order valence-corrected chi connectivity index (χ2v) is 20.0. The summed E-state index contributed by atoms with van der Waals surface area (Å²) < 4.78 is 21.7. The van der Waals surface area contributed by atoms with Crippen molar-refractivity contribution in [1.82, 2.24) is 16.0 Å². The van der Waals surface area contributed by atoms with Crippen LogP contribution in [0.5, 0.6) is 23.0 Å². The van der Waals surface area contributed by atoms with Crippen LogP contribution >= 0.6 is 0 Å². The summed E-state index contributed by atoms with van der Waals surface area (Å²) in [4.78, 5) is 134. The van der Waals surface area contributed by atoms with Gasteiger partial charge in [0.1, 0.15) is 23.0 Å². The van der Waals surface area contributed by atoms with Gasteiger partial charge in [0, 0.05) is 51.7 Å². The summed E-state index contributed by atoms with van der Waals surface area (Å²) in [5.41, 5.74) is 45.9. The molecule has 20 N–H and O–H groups in total. The molecule has 0 radical (unpaired) electrons. The summed E-state index contributed by atoms with van der Waals surface area (Å²) >= 11 is 0. The number of Topliss-reactive ketones (excluding diaryl/α,β-unsaturated/α-hetero) is 4. The van der Waals surface area contributed by atoms with Gasteiger partial charge in [-0.2, -0.15) is 0 Å². The number of ether oxygens (including phenoxy) is 4. The molecular weight excluding hydrogens is 1130 g/mol. The van der Waals surface area contributed by atoms with Crippen molar-refractivity contribution in [2.45, 2.75) is 101 Å². The van der Waals surface area contributed by atoms with Crippen LogP contribution in [0.4, 0.5) is 0 Å². The molecule has 0 aliphatic heterocycles. The van der Waals surface area contributed by atoms with E-state index in [9.17, 15) is 48.3 Å². The first-order valence-corrected chi connectivity index (χ1v) is 27.5. The van der Waals surface area contributed by atoms with E-state index in [1.807, 2.05) is 0 Å². The number of carboxylic acid groups (broad SMARTS) is 1. The van der Waals surface area contributed by atoms with Crippen molar-refractivity contribution in [2.75, 3.05) is 48.1 Å². The molecule has 0 aliphatic carbocycles. The summed E-state index contributed by atoms with van der Waals surface area (Å²) in [6.07, 6.45) is -0.546. The van der Waals surface area contributed by atoms with Crippen LogP contribution in [0.15, 0.2) is 87.8 Å². The third kappa shape index (κ3) is 22.4. The molecule has 28 heteroatoms. The van der Waals surface area contributed by atoms with Crippen molar-refractivity contribution in [1.29, 1.82) is 0 Å². The summed E-state index contributed by atoms with van der Waals surface area (Å²) in [6.45, 7) is 0.502. The van der Waals surface area contributed by atoms with Crippen molar-refractivity contribution in [3.8, 4) is 23.0 Å². The van der Waals surface area contributed by atoms with Gasteiger partial charge in [0.2, 0.25) is 0 Å². The van der Waals surface area contributed by atoms with Crippen LogP contribution in [0.2, 0.25) is 0 Å². The van der Waals surface area contributed by atoms with Crippen molar-refractivity contribution >= 4 is 70.6 Å². The number of rotatable bonds is 38. The average molecular weight is 1210 g/mol. The highest BCUT2D eigenvalue weighted by atomic mass is 16.5. The first-order valence-electron chi connectivity index (χ1n) is 27.5. The minimum Gasteiger partial charge on any atom is -0.496 e. The molecule has 4 amide bonds. The van der Waals surface area contributed by atoms with Gasteiger partial charge in [-0.05, 0) is 116 Å². The van der Waals surface area contributed by atoms with E-state index in [0.29, 0.717) is 36.1 Å². The third-order valence-corrected chi connectivity index (χ3v) is 13.6. The lowest BCUT2D eigenvalue weighted by Gasteiger charge is -2.21. The van der Waals surface area contributed by atoms with Gasteiger partial charge >= 0.3 is 5.97 Å². The largest absolute Gasteiger partial charge is 0.496 e. The first kappa shape index (κ1) is 69.4. The molecule has 0 fully saturated rings. The SMILES string of the molecule is COc1ccc(CC(=O)[C@@H](CCC(=O)O)NC(=O)c2cc(CC(=O)[C@@H](CCCN=C(N)N)NC(=O)c3cc(CC(=O)[C@@H](CCCN=C(N)N)NC(=O)c4cc(CC(=O)[C@H](N)CCCN=C(N)N)ccc4OC)ccc3OC)ccc2OC)cc1C(N)=O. The van der Waals surface area contributed by atoms with Crippen molar-refractivity contribution in [3.63, 3.8) is 0 Å². The number of aliphatic imine (C=N–C) groups is 3. The van der Waals surface area contributed by atoms with Crippen LogP contribution in [0, 0.1) is 0 Å². The van der Waals surface area contributed by atoms with Crippen molar-refractivity contribution in [2.24, 2.45) is 60.8 Å². The standard InChI is InChI=1S/C59H78N14O14/c1-84-48-16-11-32(24-36(48)53(61)80)29-47(77)43(15-20-52(78)79)73-56(83)39-27-35(14-19-51(39)87-4)31-46(76)42(10-7-23-70-59(66)67)72-55(82)38-26-34(13-18-50(38)86-3)30-45(75)41(9-6-22-69-58(64)65)71-54(81)37-25-33(12-17-49(37)85-2)28-44(74)40(60)8-5-21-68-57(62)63/h11-14,16-19,24-27,40-43H,5-10,15,20-23,28-31,60H2,1-4H3,(H2,61,80)(H,71,81)(H,72,82)(H,73,83)(H,78,79)(H4,62,63,68)(H4,64,65,69)(H4,66,67,70)/t40-,41-,42-,43-/m1/s1. The smallest absolute Gasteiger partial charge is 0.303 e. The maximum absolute atomic E-state index is 14.4. The molecule has 0 spiro atoms. The van der Waals surface area contributed by atoms with Gasteiger partial charge in [0.25, 0.3) is 23.6 Å². The summed E-state index contributed by atoms with van der Waals surface area (Å²) in [7, 11) is 5.32. The predicted molar refractivity (Wildman–Crippen MR) is 324 cm³/mol. The molecule has 0 heterocycles. The fourth-order valence-electron chi connectivity index (χ4n) is 9.09. The Balaban J connectivity index is 1.60. The van der Waals surface area contributed by atoms with Crippen molar-refractivity contribution < 1.29 is 67.2 Å². The van der Waals surface area contributed by atoms with E-state index in [4.69, 9.17) is 64.8 Å². The third-order valence-electron chi connectivity index (χ3n) is 13.6. The van der Waals surface area contributed by atoms with Crippen LogP contribution in [-0.4, -0.2) is 148 Å². The van der Waals surface area contributed by atoms with Gasteiger partial charge in [-0.25, -0.2) is 0 Å². The number of carboxylic acids is 1. The zero-order chi connectivity index (χ0) is 64.3. The van der Waals surface area contributed by atoms with E-state index in [1.54, 1.807) is 12.1 Å². The molecule has 0 aromatic heterocycles. The molecular formula is C59H78N14O14. The fourth-order valence-corrected chi connectivity index (χ4v) is 9.09. The van der Waals surface area contributed by atoms with Crippen LogP contribution in [0.1, 0.15) is 115 Å². The van der Waals surface area contributed by atoms with Gasteiger partial charge in [0.05, 0.1) is 74.9 Å². The first-order chi connectivity index (χ1) is 41.4. The highest BCUT2D eigenvalue weighted by Crippen LogP contribution is 2.26. The van der Waals surface area contributed by atoms with E-state index in [2.05, 4.69) is 30.9 Å². The molecule has 4 rings (SSSR count). The summed E-state index contributed by atoms with van der Waals surface area (Å²) in [6, 6.07) is 13.2. The topological polar surface area (TPSA) is 492 Å². The molecule has 0 unspecified atom stereocenters. The number of carbonyl (C=O) groups is 9. The normalized spacial score (nSPS) is 12.1. The number of hydrogen-bond acceptors (Lipinski definition) is 17. The number of ketones is 4. The molecule has 4 aromatic rings. The number of guanidine groups is 3. The number of benzene rings is 4. The second-order valence-electron chi connectivity index (χ2n) is 20.0. The fraction of sp³-hybridized carbons (Fsp3) is 0.390. The predicted octanol–water partition coefficient (Wildman–Crippen LogP) is 0.0150. The highest BCUT2D eigenvalue weighted by Gasteiger charge is 2.29. The number of amides is 4. The molecule has 0 bridgehead atoms. The van der Waals surface area contributed by atoms with E-state index in [-0.39, 0.29) is 145 Å². The van der Waals surface area contributed by atoms with Crippen molar-refractivity contribution in [3.05, 3.63) is 117 Å². The molecule has 4 aromatic carbocycles. The summed E-state index contributed by atoms with van der Waals surface area (Å²) in [5, 5.41) is 17.7. The number of nitrogens with one attached hydrogen (secondary N) is 3. The maximum atomic E-state index is 14.4. The monoisotopic (exact) mass is 1210 g/mol. The Morgan fingerprint density at radius 2 is 0.713 bits per heavy atom. The number of methoxy groups -OCH3 is 4. The Morgan fingerprint density at radius 1 is 0.425 bits per heavy atom. The zero-order valence-corrected chi connectivity index (χ0v) is 49.1. The number of primary amides is 1. The minimum absolute atomic E-state index is 0.00877. The highest BCUT2D eigenvalue weighted by molar-refractivity contribution is 6.04. The van der Waals surface area contributed by atoms with Crippen LogP contribution in [0.25, 0.3) is 0 Å². The number of carbonyl (C=O) groups excluding carboxylic acids is 8. The molecule has 0 saturated heterocycles. The lowest BCUT2D eigenvalue weighted by Crippen LogP contribution is -2.42. The number of aliphatic carboxylic acids is 1. The van der Waals surface area contributed by atoms with Crippen LogP contribution in [0.3, 0.4) is 0 Å². The Hall–Kier alpha value is -10.1. The molecule has 4 atom stereocenters. The minimum atomic E-state index is -1.33. The van der Waals surface area contributed by atoms with E-state index in [1.165, 1.54) is 89.1 Å². The van der Waals surface area contributed by atoms with E-state index >= 15 is 0 Å². The Kier molecular flexibility index (Phi) is 27.6. The molecule has 0 saturated carbocycles. The molecule has 28 nitrogen and oxygen atoms in total. The van der Waals surface area contributed by atoms with Gasteiger partial charge in [-0.15, -0.1) is 0 Å². The van der Waals surface area contributed by atoms with E-state index in [0.717, 1.165) is 0 Å². The number of nitrogens with zero attached hydrogens (tertiary/aromatic N) is 3. The number of nitrogens with two attached hydrogens (primary N) is 8. The lowest BCUT2D eigenvalue weighted by atomic mass is 9.96.